The maximum absolute atomic E-state index is 12.9. The first-order valence-electron chi connectivity index (χ1n) is 8.20. The van der Waals surface area contributed by atoms with Crippen molar-refractivity contribution < 1.29 is 9.72 Å². The van der Waals surface area contributed by atoms with Crippen LogP contribution in [0.4, 0.5) is 17.1 Å². The molecule has 130 valence electrons. The van der Waals surface area contributed by atoms with Crippen LogP contribution in [0.1, 0.15) is 23.2 Å². The maximum Gasteiger partial charge on any atom is 0.284 e. The molecule has 0 aliphatic carbocycles. The molecule has 0 saturated carbocycles. The van der Waals surface area contributed by atoms with E-state index in [1.807, 2.05) is 30.3 Å². The van der Waals surface area contributed by atoms with E-state index in [0.29, 0.717) is 13.1 Å². The minimum absolute atomic E-state index is 0.0205. The normalized spacial score (nSPS) is 17.1. The van der Waals surface area contributed by atoms with Gasteiger partial charge in [-0.2, -0.15) is 0 Å². The zero-order valence-corrected chi connectivity index (χ0v) is 13.7. The number of nitro benzene ring substituents is 1. The van der Waals surface area contributed by atoms with E-state index in [4.69, 9.17) is 5.73 Å². The Bertz CT molecular complexity index is 779. The Morgan fingerprint density at radius 1 is 1.20 bits per heavy atom. The summed E-state index contributed by atoms with van der Waals surface area (Å²) in [5.41, 5.74) is 6.72. The van der Waals surface area contributed by atoms with Gasteiger partial charge in [-0.25, -0.2) is 0 Å². The van der Waals surface area contributed by atoms with Gasteiger partial charge in [0.1, 0.15) is 5.56 Å². The van der Waals surface area contributed by atoms with Crippen LogP contribution in [0.3, 0.4) is 0 Å². The Kier molecular flexibility index (Phi) is 4.83. The number of carbonyl (C=O) groups excluding carboxylic acids is 1. The molecule has 1 aliphatic heterocycles. The molecule has 0 bridgehead atoms. The number of carbonyl (C=O) groups is 1. The second-order valence-corrected chi connectivity index (χ2v) is 6.10. The van der Waals surface area contributed by atoms with E-state index < -0.39 is 4.92 Å². The number of nitro groups is 1. The molecule has 0 unspecified atom stereocenters. The van der Waals surface area contributed by atoms with Gasteiger partial charge in [-0.15, -0.1) is 0 Å². The lowest BCUT2D eigenvalue weighted by molar-refractivity contribution is -0.385. The number of anilines is 2. The number of nitrogen functional groups attached to an aromatic ring is 1. The topological polar surface area (TPSA) is 101 Å². The number of nitrogens with two attached hydrogens (primary N) is 1. The van der Waals surface area contributed by atoms with Crippen molar-refractivity contribution in [3.05, 3.63) is 64.2 Å². The van der Waals surface area contributed by atoms with Gasteiger partial charge in [0.2, 0.25) is 0 Å². The molecule has 2 aromatic rings. The molecule has 1 saturated heterocycles. The maximum atomic E-state index is 12.9. The predicted molar refractivity (Wildman–Crippen MR) is 96.5 cm³/mol. The van der Waals surface area contributed by atoms with Gasteiger partial charge >= 0.3 is 0 Å². The molecule has 2 aromatic carbocycles. The summed E-state index contributed by atoms with van der Waals surface area (Å²) < 4.78 is 0. The Labute approximate surface area is 145 Å². The lowest BCUT2D eigenvalue weighted by Crippen LogP contribution is -2.45. The highest BCUT2D eigenvalue weighted by atomic mass is 16.6. The largest absolute Gasteiger partial charge is 0.398 e. The molecule has 25 heavy (non-hydrogen) atoms. The number of nitrogens with one attached hydrogen (secondary N) is 1. The number of hydrogen-bond donors (Lipinski definition) is 2. The van der Waals surface area contributed by atoms with Gasteiger partial charge in [-0.3, -0.25) is 14.9 Å². The highest BCUT2D eigenvalue weighted by Crippen LogP contribution is 2.27. The van der Waals surface area contributed by atoms with Gasteiger partial charge in [-0.1, -0.05) is 24.3 Å². The summed E-state index contributed by atoms with van der Waals surface area (Å²) in [4.78, 5) is 25.2. The van der Waals surface area contributed by atoms with E-state index >= 15 is 0 Å². The number of likely N-dealkylation sites (tertiary alicyclic amines) is 1. The van der Waals surface area contributed by atoms with E-state index in [-0.39, 0.29) is 28.9 Å². The first-order chi connectivity index (χ1) is 12.1. The van der Waals surface area contributed by atoms with Crippen LogP contribution in [0.25, 0.3) is 0 Å². The van der Waals surface area contributed by atoms with Crippen molar-refractivity contribution in [3.8, 4) is 0 Å². The molecule has 0 spiro atoms. The lowest BCUT2D eigenvalue weighted by atomic mass is 10.0. The molecule has 0 aromatic heterocycles. The molecule has 1 atom stereocenters. The van der Waals surface area contributed by atoms with Crippen LogP contribution >= 0.6 is 0 Å². The number of amides is 1. The second-order valence-electron chi connectivity index (χ2n) is 6.10. The molecule has 1 heterocycles. The fraction of sp³-hybridized carbons (Fsp3) is 0.278. The Balaban J connectivity index is 1.78. The fourth-order valence-electron chi connectivity index (χ4n) is 3.15. The lowest BCUT2D eigenvalue weighted by Gasteiger charge is -2.33. The van der Waals surface area contributed by atoms with E-state index in [9.17, 15) is 14.9 Å². The molecule has 1 amide bonds. The van der Waals surface area contributed by atoms with E-state index in [1.54, 1.807) is 4.90 Å². The van der Waals surface area contributed by atoms with Crippen LogP contribution in [0.2, 0.25) is 0 Å². The number of hydrogen-bond acceptors (Lipinski definition) is 5. The van der Waals surface area contributed by atoms with Crippen molar-refractivity contribution in [2.45, 2.75) is 18.9 Å². The third kappa shape index (κ3) is 3.71. The van der Waals surface area contributed by atoms with Gasteiger partial charge in [0.05, 0.1) is 10.6 Å². The Hall–Kier alpha value is -3.09. The summed E-state index contributed by atoms with van der Waals surface area (Å²) in [6, 6.07) is 14.2. The smallest absolute Gasteiger partial charge is 0.284 e. The molecular weight excluding hydrogens is 320 g/mol. The van der Waals surface area contributed by atoms with Gasteiger partial charge in [0.25, 0.3) is 11.6 Å². The number of rotatable bonds is 4. The SMILES string of the molecule is Nc1cccc([N+](=O)[O-])c1C(=O)N1CCC[C@@H](Nc2ccccc2)C1. The highest BCUT2D eigenvalue weighted by Gasteiger charge is 2.30. The van der Waals surface area contributed by atoms with E-state index in [2.05, 4.69) is 5.32 Å². The number of nitrogens with zero attached hydrogens (tertiary/aromatic N) is 2. The van der Waals surface area contributed by atoms with E-state index in [0.717, 1.165) is 18.5 Å². The molecule has 3 N–H and O–H groups in total. The zero-order valence-electron chi connectivity index (χ0n) is 13.7. The molecule has 1 aliphatic rings. The molecule has 1 fully saturated rings. The number of para-hydroxylation sites is 1. The van der Waals surface area contributed by atoms with Gasteiger partial charge in [-0.05, 0) is 31.0 Å². The third-order valence-corrected chi connectivity index (χ3v) is 4.34. The molecule has 7 nitrogen and oxygen atoms in total. The van der Waals surface area contributed by atoms with Crippen LogP contribution in [0.15, 0.2) is 48.5 Å². The minimum atomic E-state index is -0.562. The summed E-state index contributed by atoms with van der Waals surface area (Å²) in [5.74, 6) is -0.385. The van der Waals surface area contributed by atoms with Crippen LogP contribution in [-0.4, -0.2) is 34.9 Å². The molecule has 7 heteroatoms. The standard InChI is InChI=1S/C18H20N4O3/c19-15-9-4-10-16(22(24)25)17(15)18(23)21-11-5-8-14(12-21)20-13-6-2-1-3-7-13/h1-4,6-7,9-10,14,20H,5,8,11-12,19H2/t14-/m1/s1. The summed E-state index contributed by atoms with van der Waals surface area (Å²) in [7, 11) is 0. The first-order valence-corrected chi connectivity index (χ1v) is 8.20. The highest BCUT2D eigenvalue weighted by molar-refractivity contribution is 6.03. The van der Waals surface area contributed by atoms with Gasteiger partial charge in [0, 0.05) is 30.9 Å². The number of piperidine rings is 1. The van der Waals surface area contributed by atoms with Crippen molar-refractivity contribution in [1.29, 1.82) is 0 Å². The quantitative estimate of drug-likeness (QED) is 0.506. The van der Waals surface area contributed by atoms with Crippen LogP contribution in [0, 0.1) is 10.1 Å². The Morgan fingerprint density at radius 3 is 2.68 bits per heavy atom. The predicted octanol–water partition coefficient (Wildman–Crippen LogP) is 2.89. The average molecular weight is 340 g/mol. The van der Waals surface area contributed by atoms with E-state index in [1.165, 1.54) is 18.2 Å². The van der Waals surface area contributed by atoms with Crippen LogP contribution < -0.4 is 11.1 Å². The van der Waals surface area contributed by atoms with Gasteiger partial charge < -0.3 is 16.0 Å². The fourth-order valence-corrected chi connectivity index (χ4v) is 3.15. The van der Waals surface area contributed by atoms with Crippen molar-refractivity contribution in [2.75, 3.05) is 24.1 Å². The minimum Gasteiger partial charge on any atom is -0.398 e. The van der Waals surface area contributed by atoms with Crippen LogP contribution in [0.5, 0.6) is 0 Å². The van der Waals surface area contributed by atoms with Crippen molar-refractivity contribution in [2.24, 2.45) is 0 Å². The monoisotopic (exact) mass is 340 g/mol. The third-order valence-electron chi connectivity index (χ3n) is 4.34. The molecular formula is C18H20N4O3. The Morgan fingerprint density at radius 2 is 1.96 bits per heavy atom. The number of benzene rings is 2. The summed E-state index contributed by atoms with van der Waals surface area (Å²) in [6.45, 7) is 1.05. The summed E-state index contributed by atoms with van der Waals surface area (Å²) in [6.07, 6.45) is 1.77. The van der Waals surface area contributed by atoms with Crippen LogP contribution in [-0.2, 0) is 0 Å². The zero-order chi connectivity index (χ0) is 17.8. The molecule has 0 radical (unpaired) electrons. The summed E-state index contributed by atoms with van der Waals surface area (Å²) >= 11 is 0. The first kappa shape index (κ1) is 16.8. The van der Waals surface area contributed by atoms with Gasteiger partial charge in [0.15, 0.2) is 0 Å². The van der Waals surface area contributed by atoms with Crippen molar-refractivity contribution in [3.63, 3.8) is 0 Å². The van der Waals surface area contributed by atoms with Crippen molar-refractivity contribution in [1.82, 2.24) is 4.90 Å². The van der Waals surface area contributed by atoms with Crippen molar-refractivity contribution >= 4 is 23.0 Å². The summed E-state index contributed by atoms with van der Waals surface area (Å²) in [5, 5.41) is 14.6. The second kappa shape index (κ2) is 7.21. The average Bonchev–Trinajstić information content (AvgIpc) is 2.62. The molecule has 3 rings (SSSR count).